The number of hydrogen-bond acceptors (Lipinski definition) is 5. The molecule has 5 nitrogen and oxygen atoms in total. The summed E-state index contributed by atoms with van der Waals surface area (Å²) in [4.78, 5) is 23.4. The molecule has 0 aromatic heterocycles. The summed E-state index contributed by atoms with van der Waals surface area (Å²) in [6.45, 7) is 5.01. The van der Waals surface area contributed by atoms with Gasteiger partial charge in [0.25, 0.3) is 0 Å². The average Bonchev–Trinajstić information content (AvgIpc) is 2.87. The van der Waals surface area contributed by atoms with Gasteiger partial charge in [-0.3, -0.25) is 9.59 Å². The van der Waals surface area contributed by atoms with Crippen LogP contribution in [0.5, 0.6) is 5.75 Å². The molecular weight excluding hydrogens is 440 g/mol. The highest BCUT2D eigenvalue weighted by Crippen LogP contribution is 2.38. The van der Waals surface area contributed by atoms with Gasteiger partial charge in [-0.2, -0.15) is 0 Å². The van der Waals surface area contributed by atoms with Crippen molar-refractivity contribution in [3.63, 3.8) is 0 Å². The van der Waals surface area contributed by atoms with Crippen LogP contribution in [0.15, 0.2) is 24.3 Å². The molecule has 0 radical (unpaired) electrons. The maximum atomic E-state index is 12.7. The lowest BCUT2D eigenvalue weighted by Crippen LogP contribution is -2.29. The van der Waals surface area contributed by atoms with Crippen LogP contribution in [0.2, 0.25) is 0 Å². The predicted octanol–water partition coefficient (Wildman–Crippen LogP) is 7.36. The molecule has 0 aliphatic heterocycles. The summed E-state index contributed by atoms with van der Waals surface area (Å²) in [6, 6.07) is 8.28. The van der Waals surface area contributed by atoms with Crippen molar-refractivity contribution in [2.24, 2.45) is 11.8 Å². The van der Waals surface area contributed by atoms with E-state index >= 15 is 0 Å². The third-order valence-corrected chi connectivity index (χ3v) is 7.82. The molecule has 35 heavy (non-hydrogen) atoms. The Bertz CT molecular complexity index is 743. The molecule has 2 aliphatic carbocycles. The molecule has 0 unspecified atom stereocenters. The van der Waals surface area contributed by atoms with Gasteiger partial charge in [-0.1, -0.05) is 38.3 Å². The first-order chi connectivity index (χ1) is 17.0. The standard InChI is InChI=1S/C30H46O5/c1-3-8-24-9-11-25(12-10-24)26-13-19-29(20-14-26)35-30(32)27-15-17-28(18-16-27)34-22-7-5-4-6-21-33-23(2)31/h13-14,19-20,24-25,27-28H,3-12,15-18,21-22H2,1-2H3. The summed E-state index contributed by atoms with van der Waals surface area (Å²) in [7, 11) is 0. The Morgan fingerprint density at radius 3 is 2.11 bits per heavy atom. The largest absolute Gasteiger partial charge is 0.466 e. The fourth-order valence-electron chi connectivity index (χ4n) is 5.69. The highest BCUT2D eigenvalue weighted by Gasteiger charge is 2.28. The van der Waals surface area contributed by atoms with E-state index in [0.29, 0.717) is 18.3 Å². The molecule has 0 atom stereocenters. The summed E-state index contributed by atoms with van der Waals surface area (Å²) >= 11 is 0. The minimum atomic E-state index is -0.208. The Morgan fingerprint density at radius 2 is 1.49 bits per heavy atom. The monoisotopic (exact) mass is 486 g/mol. The van der Waals surface area contributed by atoms with Crippen LogP contribution >= 0.6 is 0 Å². The molecule has 0 heterocycles. The first-order valence-corrected chi connectivity index (χ1v) is 14.1. The van der Waals surface area contributed by atoms with Crippen molar-refractivity contribution in [2.45, 2.75) is 116 Å². The molecule has 2 saturated carbocycles. The number of carbonyl (C=O) groups excluding carboxylic acids is 2. The van der Waals surface area contributed by atoms with Crippen molar-refractivity contribution < 1.29 is 23.8 Å². The predicted molar refractivity (Wildman–Crippen MR) is 138 cm³/mol. The Labute approximate surface area is 212 Å². The van der Waals surface area contributed by atoms with Crippen LogP contribution in [0.25, 0.3) is 0 Å². The van der Waals surface area contributed by atoms with E-state index in [4.69, 9.17) is 14.2 Å². The minimum absolute atomic E-state index is 0.0235. The molecule has 196 valence electrons. The summed E-state index contributed by atoms with van der Waals surface area (Å²) < 4.78 is 16.7. The van der Waals surface area contributed by atoms with Gasteiger partial charge in [-0.05, 0) is 100 Å². The maximum Gasteiger partial charge on any atom is 0.314 e. The van der Waals surface area contributed by atoms with Crippen LogP contribution in [0.3, 0.4) is 0 Å². The molecule has 0 N–H and O–H groups in total. The number of esters is 2. The van der Waals surface area contributed by atoms with Crippen molar-refractivity contribution in [1.29, 1.82) is 0 Å². The molecule has 2 aliphatic rings. The fraction of sp³-hybridized carbons (Fsp3) is 0.733. The Morgan fingerprint density at radius 1 is 0.829 bits per heavy atom. The lowest BCUT2D eigenvalue weighted by molar-refractivity contribution is -0.142. The zero-order valence-corrected chi connectivity index (χ0v) is 22.0. The summed E-state index contributed by atoms with van der Waals surface area (Å²) in [6.07, 6.45) is 15.8. The third kappa shape index (κ3) is 9.95. The molecule has 0 bridgehead atoms. The van der Waals surface area contributed by atoms with Gasteiger partial charge in [0.2, 0.25) is 0 Å². The highest BCUT2D eigenvalue weighted by molar-refractivity contribution is 5.75. The van der Waals surface area contributed by atoms with Crippen LogP contribution in [0.4, 0.5) is 0 Å². The van der Waals surface area contributed by atoms with E-state index in [1.165, 1.54) is 51.0 Å². The summed E-state index contributed by atoms with van der Waals surface area (Å²) in [5.41, 5.74) is 1.39. The maximum absolute atomic E-state index is 12.7. The van der Waals surface area contributed by atoms with Gasteiger partial charge in [-0.25, -0.2) is 0 Å². The second kappa shape index (κ2) is 15.3. The van der Waals surface area contributed by atoms with Gasteiger partial charge >= 0.3 is 11.9 Å². The first kappa shape index (κ1) is 27.7. The molecule has 2 fully saturated rings. The van der Waals surface area contributed by atoms with E-state index < -0.39 is 0 Å². The van der Waals surface area contributed by atoms with Crippen molar-refractivity contribution in [2.75, 3.05) is 13.2 Å². The zero-order valence-electron chi connectivity index (χ0n) is 22.0. The molecule has 0 saturated heterocycles. The molecule has 0 spiro atoms. The van der Waals surface area contributed by atoms with Crippen molar-refractivity contribution >= 4 is 11.9 Å². The lowest BCUT2D eigenvalue weighted by atomic mass is 9.77. The van der Waals surface area contributed by atoms with Crippen LogP contribution in [-0.2, 0) is 19.1 Å². The normalized spacial score (nSPS) is 24.6. The first-order valence-electron chi connectivity index (χ1n) is 14.1. The van der Waals surface area contributed by atoms with Crippen molar-refractivity contribution in [3.8, 4) is 5.75 Å². The lowest BCUT2D eigenvalue weighted by Gasteiger charge is -2.29. The van der Waals surface area contributed by atoms with E-state index in [2.05, 4.69) is 19.1 Å². The van der Waals surface area contributed by atoms with Gasteiger partial charge in [0.05, 0.1) is 18.6 Å². The number of ether oxygens (including phenoxy) is 3. The molecule has 1 aromatic rings. The Balaban J connectivity index is 1.28. The van der Waals surface area contributed by atoms with E-state index in [-0.39, 0.29) is 24.0 Å². The van der Waals surface area contributed by atoms with E-state index in [9.17, 15) is 9.59 Å². The number of hydrogen-bond donors (Lipinski definition) is 0. The highest BCUT2D eigenvalue weighted by atomic mass is 16.5. The van der Waals surface area contributed by atoms with Gasteiger partial charge in [0.1, 0.15) is 5.75 Å². The third-order valence-electron chi connectivity index (χ3n) is 7.82. The van der Waals surface area contributed by atoms with Gasteiger partial charge in [-0.15, -0.1) is 0 Å². The van der Waals surface area contributed by atoms with E-state index in [0.717, 1.165) is 63.9 Å². The van der Waals surface area contributed by atoms with Gasteiger partial charge in [0, 0.05) is 13.5 Å². The van der Waals surface area contributed by atoms with Crippen LogP contribution in [0.1, 0.15) is 115 Å². The van der Waals surface area contributed by atoms with Crippen LogP contribution in [0, 0.1) is 11.8 Å². The fourth-order valence-corrected chi connectivity index (χ4v) is 5.69. The van der Waals surface area contributed by atoms with Gasteiger partial charge < -0.3 is 14.2 Å². The zero-order chi connectivity index (χ0) is 24.9. The SMILES string of the molecule is CCCC1CCC(c2ccc(OC(=O)C3CCC(OCCCCCCOC(C)=O)CC3)cc2)CC1. The van der Waals surface area contributed by atoms with E-state index in [1.54, 1.807) is 0 Å². The summed E-state index contributed by atoms with van der Waals surface area (Å²) in [5, 5.41) is 0. The molecule has 0 amide bonds. The van der Waals surface area contributed by atoms with Crippen LogP contribution < -0.4 is 4.74 Å². The van der Waals surface area contributed by atoms with E-state index in [1.807, 2.05) is 12.1 Å². The molecule has 5 heteroatoms. The number of rotatable bonds is 13. The average molecular weight is 487 g/mol. The Kier molecular flexibility index (Phi) is 12.1. The van der Waals surface area contributed by atoms with Crippen LogP contribution in [-0.4, -0.2) is 31.3 Å². The quantitative estimate of drug-likeness (QED) is 0.165. The number of benzene rings is 1. The topological polar surface area (TPSA) is 61.8 Å². The second-order valence-electron chi connectivity index (χ2n) is 10.6. The van der Waals surface area contributed by atoms with Crippen molar-refractivity contribution in [1.82, 2.24) is 0 Å². The molecular formula is C30H46O5. The second-order valence-corrected chi connectivity index (χ2v) is 10.6. The number of unbranched alkanes of at least 4 members (excludes halogenated alkanes) is 3. The molecule has 3 rings (SSSR count). The summed E-state index contributed by atoms with van der Waals surface area (Å²) in [5.74, 6) is 1.92. The van der Waals surface area contributed by atoms with Gasteiger partial charge in [0.15, 0.2) is 0 Å². The minimum Gasteiger partial charge on any atom is -0.466 e. The van der Waals surface area contributed by atoms with Crippen molar-refractivity contribution in [3.05, 3.63) is 29.8 Å². The smallest absolute Gasteiger partial charge is 0.314 e. The molecule has 1 aromatic carbocycles. The number of carbonyl (C=O) groups is 2. The Hall–Kier alpha value is -1.88.